The van der Waals surface area contributed by atoms with Gasteiger partial charge >= 0.3 is 0 Å². The zero-order valence-corrected chi connectivity index (χ0v) is 19.8. The Morgan fingerprint density at radius 2 is 1.62 bits per heavy atom. The van der Waals surface area contributed by atoms with E-state index in [2.05, 4.69) is 20.6 Å². The molecule has 3 rings (SSSR count). The van der Waals surface area contributed by atoms with Crippen LogP contribution in [0.1, 0.15) is 74.4 Å². The summed E-state index contributed by atoms with van der Waals surface area (Å²) in [6.45, 7) is 12.4. The maximum atomic E-state index is 12.5. The van der Waals surface area contributed by atoms with Gasteiger partial charge in [-0.2, -0.15) is 4.98 Å². The molecule has 172 valence electrons. The number of rotatable bonds is 7. The first kappa shape index (κ1) is 25.0. The van der Waals surface area contributed by atoms with E-state index in [1.54, 1.807) is 30.3 Å². The Bertz CT molecular complexity index is 947. The topological polar surface area (TPSA) is 104 Å². The molecular weight excluding hydrogens is 406 g/mol. The van der Waals surface area contributed by atoms with Crippen LogP contribution in [0.2, 0.25) is 0 Å². The van der Waals surface area contributed by atoms with Crippen LogP contribution in [0.5, 0.6) is 0 Å². The summed E-state index contributed by atoms with van der Waals surface area (Å²) in [5.41, 5.74) is 1.08. The minimum Gasteiger partial charge on any atom is -0.354 e. The predicted molar refractivity (Wildman–Crippen MR) is 126 cm³/mol. The molecule has 2 N–H and O–H groups in total. The number of nitrogens with one attached hydrogen (secondary N) is 2. The van der Waals surface area contributed by atoms with Gasteiger partial charge < -0.3 is 10.6 Å². The van der Waals surface area contributed by atoms with Crippen LogP contribution in [-0.2, 0) is 11.2 Å². The minimum atomic E-state index is -0.547. The second-order valence-electron chi connectivity index (χ2n) is 8.21. The average molecular weight is 440 g/mol. The lowest BCUT2D eigenvalue weighted by Gasteiger charge is -2.18. The maximum absolute atomic E-state index is 12.5. The average Bonchev–Trinajstić information content (AvgIpc) is 3.00. The van der Waals surface area contributed by atoms with Gasteiger partial charge in [0, 0.05) is 30.3 Å². The summed E-state index contributed by atoms with van der Waals surface area (Å²) in [5, 5.41) is 5.90. The number of aryl methyl sites for hydroxylation is 1. The molecule has 1 aliphatic heterocycles. The molecule has 3 amide bonds. The van der Waals surface area contributed by atoms with E-state index in [9.17, 15) is 14.4 Å². The highest BCUT2D eigenvalue weighted by atomic mass is 16.2. The van der Waals surface area contributed by atoms with Gasteiger partial charge in [-0.25, -0.2) is 4.98 Å². The maximum Gasteiger partial charge on any atom is 0.261 e. The summed E-state index contributed by atoms with van der Waals surface area (Å²) in [7, 11) is 0. The number of amides is 3. The van der Waals surface area contributed by atoms with Gasteiger partial charge in [-0.1, -0.05) is 46.8 Å². The molecule has 0 aliphatic carbocycles. The Kier molecular flexibility index (Phi) is 8.46. The fraction of sp³-hybridized carbons (Fsp3) is 0.458. The summed E-state index contributed by atoms with van der Waals surface area (Å²) >= 11 is 0. The van der Waals surface area contributed by atoms with Crippen molar-refractivity contribution < 1.29 is 14.4 Å². The Hall–Kier alpha value is -3.29. The third-order valence-electron chi connectivity index (χ3n) is 4.73. The van der Waals surface area contributed by atoms with Crippen LogP contribution < -0.4 is 10.6 Å². The van der Waals surface area contributed by atoms with Gasteiger partial charge in [-0.15, -0.1) is 0 Å². The highest BCUT2D eigenvalue weighted by Crippen LogP contribution is 2.23. The molecule has 1 aliphatic rings. The number of benzene rings is 1. The van der Waals surface area contributed by atoms with Crippen LogP contribution in [0, 0.1) is 5.41 Å². The van der Waals surface area contributed by atoms with Crippen molar-refractivity contribution in [2.45, 2.75) is 54.4 Å². The van der Waals surface area contributed by atoms with Gasteiger partial charge in [0.25, 0.3) is 11.8 Å². The van der Waals surface area contributed by atoms with Gasteiger partial charge in [0.2, 0.25) is 11.9 Å². The van der Waals surface area contributed by atoms with Crippen molar-refractivity contribution in [1.29, 1.82) is 0 Å². The van der Waals surface area contributed by atoms with E-state index in [4.69, 9.17) is 0 Å². The molecule has 32 heavy (non-hydrogen) atoms. The van der Waals surface area contributed by atoms with Crippen LogP contribution in [0.3, 0.4) is 0 Å². The highest BCUT2D eigenvalue weighted by molar-refractivity contribution is 6.21. The Labute approximate surface area is 189 Å². The van der Waals surface area contributed by atoms with E-state index < -0.39 is 5.41 Å². The number of carbonyl (C=O) groups excluding carboxylic acids is 3. The Morgan fingerprint density at radius 1 is 1.03 bits per heavy atom. The van der Waals surface area contributed by atoms with Crippen LogP contribution in [-0.4, -0.2) is 45.7 Å². The smallest absolute Gasteiger partial charge is 0.261 e. The lowest BCUT2D eigenvalue weighted by atomic mass is 9.96. The van der Waals surface area contributed by atoms with E-state index in [1.807, 2.05) is 41.5 Å². The van der Waals surface area contributed by atoms with Gasteiger partial charge in [0.1, 0.15) is 5.82 Å². The zero-order valence-electron chi connectivity index (χ0n) is 19.8. The summed E-state index contributed by atoms with van der Waals surface area (Å²) in [5.74, 6) is 0.201. The quantitative estimate of drug-likeness (QED) is 0.628. The molecule has 2 heterocycles. The molecule has 8 nitrogen and oxygen atoms in total. The molecule has 0 bridgehead atoms. The monoisotopic (exact) mass is 439 g/mol. The van der Waals surface area contributed by atoms with Gasteiger partial charge in [0.15, 0.2) is 0 Å². The summed E-state index contributed by atoms with van der Waals surface area (Å²) in [6, 6.07) is 8.58. The highest BCUT2D eigenvalue weighted by Gasteiger charge is 2.34. The first-order chi connectivity index (χ1) is 15.2. The number of fused-ring (bicyclic) bond motifs is 1. The van der Waals surface area contributed by atoms with E-state index in [1.165, 1.54) is 4.90 Å². The number of imide groups is 1. The van der Waals surface area contributed by atoms with Gasteiger partial charge in [0.05, 0.1) is 11.1 Å². The third kappa shape index (κ3) is 5.90. The number of anilines is 2. The third-order valence-corrected chi connectivity index (χ3v) is 4.73. The van der Waals surface area contributed by atoms with Crippen molar-refractivity contribution in [3.63, 3.8) is 0 Å². The molecule has 0 radical (unpaired) electrons. The second kappa shape index (κ2) is 10.8. The fourth-order valence-corrected chi connectivity index (χ4v) is 3.09. The van der Waals surface area contributed by atoms with Crippen molar-refractivity contribution in [2.75, 3.05) is 23.7 Å². The normalized spacial score (nSPS) is 12.8. The van der Waals surface area contributed by atoms with Crippen molar-refractivity contribution in [3.05, 3.63) is 47.2 Å². The number of hydrogen-bond donors (Lipinski definition) is 2. The molecule has 1 aromatic carbocycles. The standard InChI is InChI=1S/C22H27N5O3.C2H6/c1-5-23-21-24-14(13-17(26-21)25-20(30)22(2,3)4)9-8-12-27-18(28)15-10-6-7-11-16(15)19(27)29;1-2/h6-7,10-11,13H,5,8-9,12H2,1-4H3,(H2,23,24,25,26,30);1-2H3. The fourth-order valence-electron chi connectivity index (χ4n) is 3.09. The predicted octanol–water partition coefficient (Wildman–Crippen LogP) is 4.15. The first-order valence-corrected chi connectivity index (χ1v) is 11.1. The number of carbonyl (C=O) groups is 3. The molecule has 2 aromatic rings. The molecule has 1 aromatic heterocycles. The second-order valence-corrected chi connectivity index (χ2v) is 8.21. The molecule has 0 atom stereocenters. The largest absolute Gasteiger partial charge is 0.354 e. The van der Waals surface area contributed by atoms with E-state index >= 15 is 0 Å². The Morgan fingerprint density at radius 3 is 2.16 bits per heavy atom. The van der Waals surface area contributed by atoms with Crippen LogP contribution in [0.25, 0.3) is 0 Å². The summed E-state index contributed by atoms with van der Waals surface area (Å²) in [4.78, 5) is 47.4. The van der Waals surface area contributed by atoms with E-state index in [0.29, 0.717) is 48.8 Å². The molecule has 8 heteroatoms. The van der Waals surface area contributed by atoms with E-state index in [0.717, 1.165) is 5.69 Å². The number of aromatic nitrogens is 2. The number of hydrogen-bond acceptors (Lipinski definition) is 6. The number of nitrogens with zero attached hydrogens (tertiary/aromatic N) is 3. The molecule has 0 unspecified atom stereocenters. The first-order valence-electron chi connectivity index (χ1n) is 11.1. The van der Waals surface area contributed by atoms with Crippen LogP contribution >= 0.6 is 0 Å². The SMILES string of the molecule is CC.CCNc1nc(CCCN2C(=O)c3ccccc3C2=O)cc(NC(=O)C(C)(C)C)n1. The van der Waals surface area contributed by atoms with Crippen molar-refractivity contribution in [1.82, 2.24) is 14.9 Å². The van der Waals surface area contributed by atoms with Crippen molar-refractivity contribution >= 4 is 29.5 Å². The van der Waals surface area contributed by atoms with Crippen molar-refractivity contribution in [3.8, 4) is 0 Å². The van der Waals surface area contributed by atoms with Crippen LogP contribution in [0.15, 0.2) is 30.3 Å². The Balaban J connectivity index is 0.00000176. The molecule has 0 spiro atoms. The van der Waals surface area contributed by atoms with Gasteiger partial charge in [-0.05, 0) is 31.9 Å². The molecule has 0 fully saturated rings. The summed E-state index contributed by atoms with van der Waals surface area (Å²) in [6.07, 6.45) is 1.09. The summed E-state index contributed by atoms with van der Waals surface area (Å²) < 4.78 is 0. The lowest BCUT2D eigenvalue weighted by molar-refractivity contribution is -0.123. The molecular formula is C24H33N5O3. The van der Waals surface area contributed by atoms with Crippen LogP contribution in [0.4, 0.5) is 11.8 Å². The minimum absolute atomic E-state index is 0.138. The van der Waals surface area contributed by atoms with Gasteiger partial charge in [-0.3, -0.25) is 19.3 Å². The van der Waals surface area contributed by atoms with E-state index in [-0.39, 0.29) is 17.7 Å². The van der Waals surface area contributed by atoms with Crippen molar-refractivity contribution in [2.24, 2.45) is 5.41 Å². The molecule has 0 saturated carbocycles. The zero-order chi connectivity index (χ0) is 23.9. The molecule has 0 saturated heterocycles. The lowest BCUT2D eigenvalue weighted by Crippen LogP contribution is -2.31.